The third-order valence-electron chi connectivity index (χ3n) is 2.19. The molecule has 0 heterocycles. The predicted octanol–water partition coefficient (Wildman–Crippen LogP) is 1.28. The van der Waals surface area contributed by atoms with Gasteiger partial charge >= 0.3 is 14.7 Å². The van der Waals surface area contributed by atoms with E-state index < -0.39 is 14.7 Å². The molecule has 0 fully saturated rings. The zero-order valence-electron chi connectivity index (χ0n) is 11.5. The Labute approximate surface area is 124 Å². The zero-order chi connectivity index (χ0) is 15.9. The van der Waals surface area contributed by atoms with Gasteiger partial charge in [-0.1, -0.05) is 18.2 Å². The van der Waals surface area contributed by atoms with Gasteiger partial charge in [-0.25, -0.2) is 4.57 Å². The highest BCUT2D eigenvalue weighted by molar-refractivity contribution is 7.17. The van der Waals surface area contributed by atoms with E-state index in [9.17, 15) is 9.36 Å². The molecule has 0 amide bonds. The van der Waals surface area contributed by atoms with Crippen LogP contribution in [-0.2, 0) is 20.5 Å². The summed E-state index contributed by atoms with van der Waals surface area (Å²) in [6.07, 6.45) is 0.414. The van der Waals surface area contributed by atoms with Gasteiger partial charge in [-0.05, 0) is 18.1 Å². The summed E-state index contributed by atoms with van der Waals surface area (Å²) < 4.78 is 19.6. The maximum Gasteiger partial charge on any atom is 0.395 e. The van der Waals surface area contributed by atoms with Crippen LogP contribution in [0.5, 0.6) is 5.75 Å². The number of aryl methyl sites for hydroxylation is 1. The molecule has 1 aromatic rings. The average Bonchev–Trinajstić information content (AvgIpc) is 2.48. The minimum Gasteiger partial charge on any atom is -0.481 e. The maximum atomic E-state index is 10.3. The number of hydrogen-bond donors (Lipinski definition) is 3. The number of rotatable bonds is 9. The van der Waals surface area contributed by atoms with E-state index in [1.54, 1.807) is 24.3 Å². The molecule has 0 radical (unpaired) electrons. The van der Waals surface area contributed by atoms with Crippen molar-refractivity contribution in [2.75, 3.05) is 26.4 Å². The molecule has 0 atom stereocenters. The molecule has 0 aromatic heterocycles. The summed E-state index contributed by atoms with van der Waals surface area (Å²) >= 11 is 0. The molecule has 0 saturated heterocycles. The van der Waals surface area contributed by atoms with Gasteiger partial charge in [0.1, 0.15) is 5.75 Å². The van der Waals surface area contributed by atoms with Gasteiger partial charge in [0.05, 0.1) is 26.4 Å². The second kappa shape index (κ2) is 13.5. The monoisotopic (exact) mass is 318 g/mol. The first-order valence-electron chi connectivity index (χ1n) is 6.24. The van der Waals surface area contributed by atoms with Crippen LogP contribution >= 0.6 is 8.69 Å². The number of carboxylic acids is 1. The summed E-state index contributed by atoms with van der Waals surface area (Å²) in [6.45, 7) is 0.696. The Morgan fingerprint density at radius 2 is 1.76 bits per heavy atom. The second-order valence-corrected chi connectivity index (χ2v) is 4.06. The zero-order valence-corrected chi connectivity index (χ0v) is 12.4. The van der Waals surface area contributed by atoms with E-state index in [-0.39, 0.29) is 19.6 Å². The Bertz CT molecular complexity index is 407. The molecule has 3 N–H and O–H groups in total. The highest BCUT2D eigenvalue weighted by Crippen LogP contribution is 2.22. The maximum absolute atomic E-state index is 10.3. The lowest BCUT2D eigenvalue weighted by atomic mass is 10.1. The highest BCUT2D eigenvalue weighted by Gasteiger charge is 2.05. The number of aliphatic hydroxyl groups is 2. The fourth-order valence-electron chi connectivity index (χ4n) is 1.31. The van der Waals surface area contributed by atoms with Crippen LogP contribution in [0.4, 0.5) is 0 Å². The number of carboxylic acid groups (broad SMARTS) is 1. The van der Waals surface area contributed by atoms with Crippen LogP contribution in [0.2, 0.25) is 0 Å². The van der Waals surface area contributed by atoms with Gasteiger partial charge in [0.2, 0.25) is 0 Å². The Kier molecular flexibility index (Phi) is 12.5. The smallest absolute Gasteiger partial charge is 0.395 e. The predicted molar refractivity (Wildman–Crippen MR) is 75.6 cm³/mol. The fourth-order valence-corrected chi connectivity index (χ4v) is 1.57. The van der Waals surface area contributed by atoms with Crippen molar-refractivity contribution in [2.45, 2.75) is 12.8 Å². The molecule has 1 rings (SSSR count). The van der Waals surface area contributed by atoms with Crippen LogP contribution in [0, 0.1) is 0 Å². The van der Waals surface area contributed by atoms with Gasteiger partial charge < -0.3 is 24.6 Å². The Hall–Kier alpha value is -1.53. The number of hydrogen-bond acceptors (Lipinski definition) is 6. The summed E-state index contributed by atoms with van der Waals surface area (Å²) in [5.74, 6) is -0.398. The number of carbonyl (C=O) groups is 1. The number of aliphatic hydroxyl groups excluding tert-OH is 2. The molecule has 7 nitrogen and oxygen atoms in total. The Balaban J connectivity index is 0.000000486. The van der Waals surface area contributed by atoms with Gasteiger partial charge in [0.25, 0.3) is 0 Å². The number of benzene rings is 1. The molecule has 0 spiro atoms. The molecule has 1 aromatic carbocycles. The van der Waals surface area contributed by atoms with Crippen LogP contribution in [0.25, 0.3) is 0 Å². The second-order valence-electron chi connectivity index (χ2n) is 3.73. The van der Waals surface area contributed by atoms with Crippen molar-refractivity contribution in [3.8, 4) is 5.75 Å². The van der Waals surface area contributed by atoms with Crippen molar-refractivity contribution in [3.05, 3.63) is 29.8 Å². The molecular formula is C13H19O7P. The molecule has 0 aliphatic carbocycles. The van der Waals surface area contributed by atoms with Crippen LogP contribution in [0.3, 0.4) is 0 Å². The first-order chi connectivity index (χ1) is 10.2. The quantitative estimate of drug-likeness (QED) is 0.464. The van der Waals surface area contributed by atoms with Gasteiger partial charge in [-0.15, -0.1) is 0 Å². The minimum atomic E-state index is -0.862. The van der Waals surface area contributed by atoms with Crippen molar-refractivity contribution in [3.63, 3.8) is 0 Å². The lowest BCUT2D eigenvalue weighted by Crippen LogP contribution is -2.03. The molecule has 0 bridgehead atoms. The van der Waals surface area contributed by atoms with Gasteiger partial charge in [-0.2, -0.15) is 0 Å². The van der Waals surface area contributed by atoms with E-state index in [4.69, 9.17) is 19.8 Å². The van der Waals surface area contributed by atoms with Gasteiger partial charge in [0, 0.05) is 6.42 Å². The van der Waals surface area contributed by atoms with E-state index in [0.29, 0.717) is 25.4 Å². The summed E-state index contributed by atoms with van der Waals surface area (Å²) in [7, 11) is -0.431. The van der Waals surface area contributed by atoms with Crippen LogP contribution in [-0.4, -0.2) is 47.7 Å². The fraction of sp³-hybridized carbons (Fsp3) is 0.462. The molecule has 0 aliphatic heterocycles. The third kappa shape index (κ3) is 10.9. The van der Waals surface area contributed by atoms with E-state index >= 15 is 0 Å². The first kappa shape index (κ1) is 19.5. The van der Waals surface area contributed by atoms with Crippen molar-refractivity contribution in [1.82, 2.24) is 0 Å². The topological polar surface area (TPSA) is 113 Å². The number of ether oxygens (including phenoxy) is 1. The number of aliphatic carboxylic acids is 1. The van der Waals surface area contributed by atoms with E-state index in [1.165, 1.54) is 0 Å². The first-order valence-corrected chi connectivity index (χ1v) is 6.97. The average molecular weight is 318 g/mol. The van der Waals surface area contributed by atoms with Crippen LogP contribution in [0.15, 0.2) is 24.3 Å². The van der Waals surface area contributed by atoms with Gasteiger partial charge in [-0.3, -0.25) is 4.79 Å². The van der Waals surface area contributed by atoms with Crippen molar-refractivity contribution in [2.24, 2.45) is 0 Å². The Morgan fingerprint density at radius 1 is 1.14 bits per heavy atom. The SMILES string of the molecule is O=POc1ccccc1CCC(=O)O.OCCOCCO. The van der Waals surface area contributed by atoms with Crippen molar-refractivity contribution >= 4 is 14.7 Å². The number of para-hydroxylation sites is 1. The van der Waals surface area contributed by atoms with E-state index in [2.05, 4.69) is 4.74 Å². The molecule has 0 aliphatic rings. The van der Waals surface area contributed by atoms with E-state index in [0.717, 1.165) is 5.56 Å². The third-order valence-corrected chi connectivity index (χ3v) is 2.46. The summed E-state index contributed by atoms with van der Waals surface area (Å²) in [6, 6.07) is 6.93. The van der Waals surface area contributed by atoms with Crippen molar-refractivity contribution in [1.29, 1.82) is 0 Å². The summed E-state index contributed by atoms with van der Waals surface area (Å²) in [4.78, 5) is 10.3. The highest BCUT2D eigenvalue weighted by atomic mass is 31.1. The van der Waals surface area contributed by atoms with Crippen molar-refractivity contribution < 1.29 is 33.9 Å². The lowest BCUT2D eigenvalue weighted by Gasteiger charge is -2.03. The standard InChI is InChI=1S/C9H9O4P.C4H10O3/c10-9(11)6-5-7-3-1-2-4-8(7)13-14-12;5-1-3-7-4-2-6/h1-4H,5-6H2,(H,10,11);5-6H,1-4H2. The van der Waals surface area contributed by atoms with Crippen LogP contribution in [0.1, 0.15) is 12.0 Å². The summed E-state index contributed by atoms with van der Waals surface area (Å²) in [5.41, 5.74) is 0.748. The van der Waals surface area contributed by atoms with E-state index in [1.807, 2.05) is 0 Å². The summed E-state index contributed by atoms with van der Waals surface area (Å²) in [5, 5.41) is 24.7. The largest absolute Gasteiger partial charge is 0.481 e. The normalized spacial score (nSPS) is 9.81. The molecule has 8 heteroatoms. The molecule has 0 saturated carbocycles. The van der Waals surface area contributed by atoms with Crippen LogP contribution < -0.4 is 4.52 Å². The lowest BCUT2D eigenvalue weighted by molar-refractivity contribution is -0.136. The molecular weight excluding hydrogens is 299 g/mol. The Morgan fingerprint density at radius 3 is 2.29 bits per heavy atom. The molecule has 118 valence electrons. The van der Waals surface area contributed by atoms with Gasteiger partial charge in [0.15, 0.2) is 0 Å². The minimum absolute atomic E-state index is 0.0278. The molecule has 21 heavy (non-hydrogen) atoms. The molecule has 0 unspecified atom stereocenters.